The largest absolute Gasteiger partial charge is 0.497 e. The van der Waals surface area contributed by atoms with Gasteiger partial charge in [0.15, 0.2) is 0 Å². The van der Waals surface area contributed by atoms with Crippen LogP contribution in [0, 0.1) is 5.92 Å². The van der Waals surface area contributed by atoms with Crippen LogP contribution in [0.25, 0.3) is 9.88 Å². The number of thiazole rings is 1. The highest BCUT2D eigenvalue weighted by Gasteiger charge is 2.19. The van der Waals surface area contributed by atoms with Crippen LogP contribution in [0.2, 0.25) is 0 Å². The van der Waals surface area contributed by atoms with Gasteiger partial charge in [0.25, 0.3) is 0 Å². The maximum atomic E-state index is 12.6. The molecule has 1 N–H and O–H groups in total. The van der Waals surface area contributed by atoms with Gasteiger partial charge in [-0.25, -0.2) is 4.98 Å². The monoisotopic (exact) mass is 386 g/mol. The summed E-state index contributed by atoms with van der Waals surface area (Å²) >= 11 is 3.24. The highest BCUT2D eigenvalue weighted by molar-refractivity contribution is 7.20. The van der Waals surface area contributed by atoms with E-state index in [1.807, 2.05) is 47.2 Å². The lowest BCUT2D eigenvalue weighted by atomic mass is 9.95. The first-order valence-electron chi connectivity index (χ1n) is 8.48. The summed E-state index contributed by atoms with van der Waals surface area (Å²) in [6, 6.07) is 11.9. The topological polar surface area (TPSA) is 51.2 Å². The molecule has 1 atom stereocenters. The average Bonchev–Trinajstić information content (AvgIpc) is 3.31. The van der Waals surface area contributed by atoms with Crippen LogP contribution < -0.4 is 10.1 Å². The van der Waals surface area contributed by atoms with Crippen LogP contribution in [-0.2, 0) is 11.2 Å². The smallest absolute Gasteiger partial charge is 0.226 e. The molecule has 26 heavy (non-hydrogen) atoms. The van der Waals surface area contributed by atoms with E-state index >= 15 is 0 Å². The Morgan fingerprint density at radius 2 is 1.96 bits per heavy atom. The van der Waals surface area contributed by atoms with Gasteiger partial charge in [0.05, 0.1) is 30.1 Å². The summed E-state index contributed by atoms with van der Waals surface area (Å²) in [5.41, 5.74) is 1.89. The predicted octanol–water partition coefficient (Wildman–Crippen LogP) is 4.94. The molecule has 2 aromatic heterocycles. The molecule has 0 saturated heterocycles. The van der Waals surface area contributed by atoms with E-state index in [-0.39, 0.29) is 17.9 Å². The highest BCUT2D eigenvalue weighted by Crippen LogP contribution is 2.28. The Morgan fingerprint density at radius 3 is 2.58 bits per heavy atom. The molecule has 1 aromatic carbocycles. The van der Waals surface area contributed by atoms with Crippen molar-refractivity contribution in [3.05, 3.63) is 58.4 Å². The fourth-order valence-electron chi connectivity index (χ4n) is 2.74. The molecular weight excluding hydrogens is 364 g/mol. The number of amides is 1. The number of carbonyl (C=O) groups excluding carboxylic acids is 1. The van der Waals surface area contributed by atoms with E-state index in [0.29, 0.717) is 6.42 Å². The number of nitrogens with one attached hydrogen (secondary N) is 1. The van der Waals surface area contributed by atoms with Gasteiger partial charge in [-0.2, -0.15) is 0 Å². The molecule has 6 heteroatoms. The predicted molar refractivity (Wildman–Crippen MR) is 108 cm³/mol. The molecule has 3 rings (SSSR count). The van der Waals surface area contributed by atoms with Gasteiger partial charge in [-0.05, 0) is 35.1 Å². The fraction of sp³-hybridized carbons (Fsp3) is 0.300. The molecule has 0 bridgehead atoms. The van der Waals surface area contributed by atoms with E-state index in [2.05, 4.69) is 24.1 Å². The molecule has 0 unspecified atom stereocenters. The molecule has 1 amide bonds. The third-order valence-electron chi connectivity index (χ3n) is 4.08. The van der Waals surface area contributed by atoms with Crippen molar-refractivity contribution in [1.29, 1.82) is 0 Å². The number of rotatable bonds is 7. The van der Waals surface area contributed by atoms with Gasteiger partial charge < -0.3 is 10.1 Å². The number of thiophene rings is 1. The molecule has 4 nitrogen and oxygen atoms in total. The minimum absolute atomic E-state index is 0.0115. The van der Waals surface area contributed by atoms with Gasteiger partial charge in [0.2, 0.25) is 5.91 Å². The standard InChI is InChI=1S/C20H22N2O2S2/c1-13(2)19(14-6-8-16(24-3)9-7-14)22-18(23)11-15-12-26-20(21-15)17-5-4-10-25-17/h4-10,12-13,19H,11H2,1-3H3,(H,22,23)/t19-/m0/s1. The van der Waals surface area contributed by atoms with Gasteiger partial charge in [0.1, 0.15) is 10.8 Å². The van der Waals surface area contributed by atoms with Crippen LogP contribution in [0.3, 0.4) is 0 Å². The lowest BCUT2D eigenvalue weighted by molar-refractivity contribution is -0.121. The molecule has 0 aliphatic rings. The molecule has 0 aliphatic carbocycles. The minimum Gasteiger partial charge on any atom is -0.497 e. The molecule has 3 aromatic rings. The van der Waals surface area contributed by atoms with Crippen LogP contribution >= 0.6 is 22.7 Å². The fourth-order valence-corrected chi connectivity index (χ4v) is 4.37. The molecular formula is C20H22N2O2S2. The highest BCUT2D eigenvalue weighted by atomic mass is 32.1. The maximum Gasteiger partial charge on any atom is 0.226 e. The van der Waals surface area contributed by atoms with E-state index in [4.69, 9.17) is 4.74 Å². The summed E-state index contributed by atoms with van der Waals surface area (Å²) in [7, 11) is 1.65. The first-order chi connectivity index (χ1) is 12.6. The van der Waals surface area contributed by atoms with Gasteiger partial charge >= 0.3 is 0 Å². The summed E-state index contributed by atoms with van der Waals surface area (Å²) in [5, 5.41) is 8.12. The molecule has 2 heterocycles. The number of hydrogen-bond acceptors (Lipinski definition) is 5. The summed E-state index contributed by atoms with van der Waals surface area (Å²) in [6.07, 6.45) is 0.293. The van der Waals surface area contributed by atoms with Gasteiger partial charge in [0, 0.05) is 5.38 Å². The summed E-state index contributed by atoms with van der Waals surface area (Å²) in [6.45, 7) is 4.21. The minimum atomic E-state index is -0.0381. The molecule has 0 aliphatic heterocycles. The van der Waals surface area contributed by atoms with Crippen molar-refractivity contribution in [3.63, 3.8) is 0 Å². The molecule has 136 valence electrons. The van der Waals surface area contributed by atoms with E-state index < -0.39 is 0 Å². The van der Waals surface area contributed by atoms with Gasteiger partial charge in [-0.1, -0.05) is 32.0 Å². The molecule has 0 fully saturated rings. The molecule has 0 saturated carbocycles. The molecule has 0 spiro atoms. The Morgan fingerprint density at radius 1 is 1.19 bits per heavy atom. The Hall–Kier alpha value is -2.18. The number of benzene rings is 1. The van der Waals surface area contributed by atoms with Crippen molar-refractivity contribution < 1.29 is 9.53 Å². The quantitative estimate of drug-likeness (QED) is 0.626. The second kappa shape index (κ2) is 8.47. The SMILES string of the molecule is COc1ccc([C@@H](NC(=O)Cc2csc(-c3cccs3)n2)C(C)C)cc1. The number of hydrogen-bond donors (Lipinski definition) is 1. The Kier molecular flexibility index (Phi) is 6.06. The van der Waals surface area contributed by atoms with Crippen molar-refractivity contribution >= 4 is 28.6 Å². The first-order valence-corrected chi connectivity index (χ1v) is 10.2. The summed E-state index contributed by atoms with van der Waals surface area (Å²) in [5.74, 6) is 1.08. The Labute approximate surface area is 161 Å². The number of carbonyl (C=O) groups is 1. The van der Waals surface area contributed by atoms with Crippen molar-refractivity contribution in [3.8, 4) is 15.6 Å². The third-order valence-corrected chi connectivity index (χ3v) is 6.01. The van der Waals surface area contributed by atoms with Crippen LogP contribution in [0.5, 0.6) is 5.75 Å². The van der Waals surface area contributed by atoms with E-state index in [9.17, 15) is 4.79 Å². The third kappa shape index (κ3) is 4.51. The van der Waals surface area contributed by atoms with E-state index in [1.165, 1.54) is 0 Å². The first kappa shape index (κ1) is 18.6. The summed E-state index contributed by atoms with van der Waals surface area (Å²) in [4.78, 5) is 18.3. The Bertz CT molecular complexity index is 839. The Balaban J connectivity index is 1.66. The molecule has 0 radical (unpaired) electrons. The lowest BCUT2D eigenvalue weighted by Gasteiger charge is -2.23. The number of ether oxygens (including phenoxy) is 1. The second-order valence-electron chi connectivity index (χ2n) is 6.36. The van der Waals surface area contributed by atoms with Crippen LogP contribution in [0.4, 0.5) is 0 Å². The zero-order chi connectivity index (χ0) is 18.5. The lowest BCUT2D eigenvalue weighted by Crippen LogP contribution is -2.32. The van der Waals surface area contributed by atoms with Gasteiger partial charge in [-0.15, -0.1) is 22.7 Å². The van der Waals surface area contributed by atoms with Crippen molar-refractivity contribution in [2.75, 3.05) is 7.11 Å². The maximum absolute atomic E-state index is 12.6. The zero-order valence-corrected chi connectivity index (χ0v) is 16.7. The summed E-state index contributed by atoms with van der Waals surface area (Å²) < 4.78 is 5.21. The van der Waals surface area contributed by atoms with Crippen LogP contribution in [0.15, 0.2) is 47.2 Å². The second-order valence-corrected chi connectivity index (χ2v) is 8.17. The number of methoxy groups -OCH3 is 1. The van der Waals surface area contributed by atoms with E-state index in [0.717, 1.165) is 26.9 Å². The van der Waals surface area contributed by atoms with E-state index in [1.54, 1.807) is 29.8 Å². The van der Waals surface area contributed by atoms with Crippen molar-refractivity contribution in [1.82, 2.24) is 10.3 Å². The van der Waals surface area contributed by atoms with Crippen molar-refractivity contribution in [2.24, 2.45) is 5.92 Å². The normalized spacial score (nSPS) is 12.2. The number of aromatic nitrogens is 1. The van der Waals surface area contributed by atoms with Crippen LogP contribution in [-0.4, -0.2) is 18.0 Å². The van der Waals surface area contributed by atoms with Gasteiger partial charge in [-0.3, -0.25) is 4.79 Å². The average molecular weight is 387 g/mol. The van der Waals surface area contributed by atoms with Crippen LogP contribution in [0.1, 0.15) is 31.1 Å². The zero-order valence-electron chi connectivity index (χ0n) is 15.1. The number of nitrogens with zero attached hydrogens (tertiary/aromatic N) is 1. The van der Waals surface area contributed by atoms with Crippen molar-refractivity contribution in [2.45, 2.75) is 26.3 Å².